The van der Waals surface area contributed by atoms with Crippen LogP contribution in [0.25, 0.3) is 11.1 Å². The fourth-order valence-corrected chi connectivity index (χ4v) is 4.14. The Bertz CT molecular complexity index is 1040. The molecule has 1 unspecified atom stereocenters. The Morgan fingerprint density at radius 3 is 2.81 bits per heavy atom. The molecule has 3 heterocycles. The molecule has 0 saturated carbocycles. The zero-order chi connectivity index (χ0) is 21.8. The molecule has 1 fully saturated rings. The van der Waals surface area contributed by atoms with Gasteiger partial charge in [0.1, 0.15) is 23.9 Å². The van der Waals surface area contributed by atoms with E-state index in [1.54, 1.807) is 19.3 Å². The molecule has 1 aliphatic rings. The maximum absolute atomic E-state index is 13.8. The quantitative estimate of drug-likeness (QED) is 0.476. The molecule has 4 rings (SSSR count). The van der Waals surface area contributed by atoms with Gasteiger partial charge in [0.15, 0.2) is 0 Å². The predicted molar refractivity (Wildman–Crippen MR) is 117 cm³/mol. The average molecular weight is 464 g/mol. The molecule has 1 aromatic carbocycles. The van der Waals surface area contributed by atoms with Gasteiger partial charge in [-0.2, -0.15) is 5.10 Å². The number of hydrogen-bond donors (Lipinski definition) is 0. The Morgan fingerprint density at radius 2 is 2.00 bits per heavy atom. The van der Waals surface area contributed by atoms with Crippen LogP contribution < -0.4 is 4.74 Å². The van der Waals surface area contributed by atoms with Gasteiger partial charge < -0.3 is 9.47 Å². The minimum atomic E-state index is -0.583. The minimum absolute atomic E-state index is 0.0503. The van der Waals surface area contributed by atoms with Crippen molar-refractivity contribution in [2.75, 3.05) is 32.8 Å². The fraction of sp³-hybridized carbons (Fsp3) is 0.364. The molecule has 0 aliphatic carbocycles. The van der Waals surface area contributed by atoms with E-state index in [1.165, 1.54) is 12.1 Å². The molecule has 9 heteroatoms. The first-order chi connectivity index (χ1) is 15.0. The summed E-state index contributed by atoms with van der Waals surface area (Å²) in [5.74, 6) is -0.140. The van der Waals surface area contributed by atoms with Crippen LogP contribution in [-0.2, 0) is 11.3 Å². The number of halogens is 3. The lowest BCUT2D eigenvalue weighted by atomic mass is 10.1. The van der Waals surface area contributed by atoms with Crippen LogP contribution in [0, 0.1) is 12.0 Å². The highest BCUT2D eigenvalue weighted by atomic mass is 35.5. The molecule has 1 atom stereocenters. The van der Waals surface area contributed by atoms with Gasteiger partial charge in [0.05, 0.1) is 31.0 Å². The Balaban J connectivity index is 1.44. The predicted octanol–water partition coefficient (Wildman–Crippen LogP) is 4.66. The van der Waals surface area contributed by atoms with Gasteiger partial charge in [-0.25, -0.2) is 9.37 Å². The third-order valence-electron chi connectivity index (χ3n) is 5.17. The van der Waals surface area contributed by atoms with Gasteiger partial charge in [0, 0.05) is 53.7 Å². The van der Waals surface area contributed by atoms with Gasteiger partial charge in [-0.05, 0) is 25.1 Å². The highest BCUT2D eigenvalue weighted by Crippen LogP contribution is 2.35. The van der Waals surface area contributed by atoms with Crippen LogP contribution in [0.5, 0.6) is 5.75 Å². The first kappa shape index (κ1) is 22.0. The van der Waals surface area contributed by atoms with Crippen LogP contribution in [0.4, 0.5) is 4.39 Å². The summed E-state index contributed by atoms with van der Waals surface area (Å²) >= 11 is 12.3. The molecule has 1 aliphatic heterocycles. The monoisotopic (exact) mass is 463 g/mol. The molecule has 6 nitrogen and oxygen atoms in total. The molecule has 0 amide bonds. The van der Waals surface area contributed by atoms with E-state index >= 15 is 0 Å². The molecule has 2 aromatic heterocycles. The topological polar surface area (TPSA) is 52.4 Å². The van der Waals surface area contributed by atoms with Gasteiger partial charge in [0.2, 0.25) is 0 Å². The molecular formula is C22H22Cl2FN4O2. The smallest absolute Gasteiger partial charge is 0.148 e. The van der Waals surface area contributed by atoms with Crippen LogP contribution in [0.2, 0.25) is 10.0 Å². The second kappa shape index (κ2) is 9.96. The van der Waals surface area contributed by atoms with Crippen molar-refractivity contribution in [3.63, 3.8) is 0 Å². The number of nitrogens with zero attached hydrogens (tertiary/aromatic N) is 4. The van der Waals surface area contributed by atoms with E-state index in [1.807, 2.05) is 16.9 Å². The van der Waals surface area contributed by atoms with E-state index in [2.05, 4.69) is 21.2 Å². The molecule has 31 heavy (non-hydrogen) atoms. The van der Waals surface area contributed by atoms with E-state index in [4.69, 9.17) is 32.7 Å². The standard InChI is InChI=1S/C22H22Cl2FN4O2/c1-15(21-19(23)2-3-20(25)22(21)24)31-18-10-16(11-26-13-18)17-12-27-29(14-17)5-4-28-6-8-30-9-7-28/h2-3,10-12,14-15H,4-9H2,1H3. The summed E-state index contributed by atoms with van der Waals surface area (Å²) < 4.78 is 27.1. The second-order valence-electron chi connectivity index (χ2n) is 7.30. The van der Waals surface area contributed by atoms with Gasteiger partial charge in [-0.15, -0.1) is 0 Å². The largest absolute Gasteiger partial charge is 0.484 e. The second-order valence-corrected chi connectivity index (χ2v) is 8.08. The van der Waals surface area contributed by atoms with E-state index in [0.29, 0.717) is 16.3 Å². The molecule has 0 N–H and O–H groups in total. The summed E-state index contributed by atoms with van der Waals surface area (Å²) in [6.07, 6.45) is 7.70. The van der Waals surface area contributed by atoms with Crippen molar-refractivity contribution in [2.45, 2.75) is 19.6 Å². The lowest BCUT2D eigenvalue weighted by Gasteiger charge is -2.26. The lowest BCUT2D eigenvalue weighted by molar-refractivity contribution is 0.0360. The number of morpholine rings is 1. The summed E-state index contributed by atoms with van der Waals surface area (Å²) in [5.41, 5.74) is 2.15. The van der Waals surface area contributed by atoms with Crippen LogP contribution in [0.1, 0.15) is 18.6 Å². The maximum Gasteiger partial charge on any atom is 0.148 e. The van der Waals surface area contributed by atoms with E-state index in [-0.39, 0.29) is 5.02 Å². The third kappa shape index (κ3) is 5.36. The first-order valence-corrected chi connectivity index (χ1v) is 10.8. The van der Waals surface area contributed by atoms with Gasteiger partial charge >= 0.3 is 0 Å². The Labute approximate surface area is 190 Å². The maximum atomic E-state index is 13.8. The van der Waals surface area contributed by atoms with Crippen LogP contribution in [0.15, 0.2) is 36.8 Å². The van der Waals surface area contributed by atoms with Crippen molar-refractivity contribution in [3.8, 4) is 16.9 Å². The number of pyridine rings is 1. The van der Waals surface area contributed by atoms with Crippen LogP contribution >= 0.6 is 23.2 Å². The zero-order valence-corrected chi connectivity index (χ0v) is 18.5. The van der Waals surface area contributed by atoms with Crippen LogP contribution in [0.3, 0.4) is 0 Å². The third-order valence-corrected chi connectivity index (χ3v) is 5.88. The molecule has 1 radical (unpaired) electrons. The van der Waals surface area contributed by atoms with Crippen LogP contribution in [-0.4, -0.2) is 52.5 Å². The SMILES string of the molecule is CC(Oc1[c]ncc(-c2cnn(CCN3CCOCC3)c2)c1)c1c(Cl)ccc(F)c1Cl. The normalized spacial score (nSPS) is 15.7. The summed E-state index contributed by atoms with van der Waals surface area (Å²) in [6.45, 7) is 6.93. The Morgan fingerprint density at radius 1 is 1.19 bits per heavy atom. The number of benzene rings is 1. The molecule has 3 aromatic rings. The van der Waals surface area contributed by atoms with Crippen molar-refractivity contribution in [1.82, 2.24) is 19.7 Å². The summed E-state index contributed by atoms with van der Waals surface area (Å²) in [6, 6.07) is 4.50. The minimum Gasteiger partial charge on any atom is -0.484 e. The van der Waals surface area contributed by atoms with E-state index < -0.39 is 11.9 Å². The highest BCUT2D eigenvalue weighted by molar-refractivity contribution is 6.36. The summed E-state index contributed by atoms with van der Waals surface area (Å²) in [5, 5.41) is 4.74. The van der Waals surface area contributed by atoms with Crippen molar-refractivity contribution in [1.29, 1.82) is 0 Å². The van der Waals surface area contributed by atoms with Crippen molar-refractivity contribution < 1.29 is 13.9 Å². The van der Waals surface area contributed by atoms with Gasteiger partial charge in [-0.3, -0.25) is 9.58 Å². The zero-order valence-electron chi connectivity index (χ0n) is 17.0. The lowest BCUT2D eigenvalue weighted by Crippen LogP contribution is -2.38. The number of ether oxygens (including phenoxy) is 2. The fourth-order valence-electron chi connectivity index (χ4n) is 3.46. The van der Waals surface area contributed by atoms with Crippen molar-refractivity contribution in [2.24, 2.45) is 0 Å². The molecule has 0 spiro atoms. The number of hydrogen-bond acceptors (Lipinski definition) is 5. The van der Waals surface area contributed by atoms with Crippen molar-refractivity contribution in [3.05, 3.63) is 64.4 Å². The molecular weight excluding hydrogens is 442 g/mol. The Hall–Kier alpha value is -2.19. The highest BCUT2D eigenvalue weighted by Gasteiger charge is 2.19. The summed E-state index contributed by atoms with van der Waals surface area (Å²) in [4.78, 5) is 6.51. The Kier molecular flexibility index (Phi) is 7.07. The summed E-state index contributed by atoms with van der Waals surface area (Å²) in [7, 11) is 0. The van der Waals surface area contributed by atoms with Crippen molar-refractivity contribution >= 4 is 23.2 Å². The number of aromatic nitrogens is 3. The number of rotatable bonds is 7. The average Bonchev–Trinajstić information content (AvgIpc) is 3.25. The molecule has 163 valence electrons. The first-order valence-electron chi connectivity index (χ1n) is 10.0. The van der Waals surface area contributed by atoms with Gasteiger partial charge in [-0.1, -0.05) is 23.2 Å². The molecule has 0 bridgehead atoms. The van der Waals surface area contributed by atoms with E-state index in [0.717, 1.165) is 50.5 Å². The molecule has 1 saturated heterocycles. The van der Waals surface area contributed by atoms with Gasteiger partial charge in [0.25, 0.3) is 0 Å². The van der Waals surface area contributed by atoms with E-state index in [9.17, 15) is 4.39 Å².